The van der Waals surface area contributed by atoms with Crippen molar-refractivity contribution in [2.24, 2.45) is 0 Å². The minimum absolute atomic E-state index is 0.0467. The first-order chi connectivity index (χ1) is 10.7. The van der Waals surface area contributed by atoms with Crippen LogP contribution < -0.4 is 4.90 Å². The molecule has 0 radical (unpaired) electrons. The molecule has 0 saturated carbocycles. The lowest BCUT2D eigenvalue weighted by Crippen LogP contribution is -2.22. The lowest BCUT2D eigenvalue weighted by Gasteiger charge is -2.20. The van der Waals surface area contributed by atoms with Crippen molar-refractivity contribution in [3.05, 3.63) is 65.2 Å². The molecule has 1 atom stereocenters. The molecule has 2 N–H and O–H groups in total. The predicted octanol–water partition coefficient (Wildman–Crippen LogP) is 2.76. The minimum atomic E-state index is -0.756. The molecule has 1 heterocycles. The summed E-state index contributed by atoms with van der Waals surface area (Å²) in [6.45, 7) is 1.53. The molecule has 22 heavy (non-hydrogen) atoms. The number of carboxylic acids is 1. The molecule has 4 nitrogen and oxygen atoms in total. The molecule has 0 saturated heterocycles. The summed E-state index contributed by atoms with van der Waals surface area (Å²) in [4.78, 5) is 13.3. The van der Waals surface area contributed by atoms with Crippen LogP contribution in [0.15, 0.2) is 48.5 Å². The number of nitrogens with zero attached hydrogens (tertiary/aromatic N) is 1. The summed E-state index contributed by atoms with van der Waals surface area (Å²) in [5, 5.41) is 18.2. The average Bonchev–Trinajstić information content (AvgIpc) is 2.86. The number of carbonyl (C=O) groups is 1. The second-order valence-electron chi connectivity index (χ2n) is 5.71. The number of carboxylic acid groups (broad SMARTS) is 1. The quantitative estimate of drug-likeness (QED) is 0.891. The van der Waals surface area contributed by atoms with Crippen molar-refractivity contribution >= 4 is 11.7 Å². The fourth-order valence-electron chi connectivity index (χ4n) is 3.09. The zero-order valence-corrected chi connectivity index (χ0v) is 12.3. The topological polar surface area (TPSA) is 60.8 Å². The van der Waals surface area contributed by atoms with E-state index in [4.69, 9.17) is 10.2 Å². The van der Waals surface area contributed by atoms with Crippen LogP contribution >= 0.6 is 0 Å². The number of para-hydroxylation sites is 1. The number of fused-ring (bicyclic) bond motifs is 1. The van der Waals surface area contributed by atoms with Crippen LogP contribution in [0.4, 0.5) is 5.69 Å². The first-order valence-corrected chi connectivity index (χ1v) is 7.41. The summed E-state index contributed by atoms with van der Waals surface area (Å²) in [5.41, 5.74) is 4.30. The molecule has 2 aromatic rings. The van der Waals surface area contributed by atoms with E-state index in [-0.39, 0.29) is 18.9 Å². The summed E-state index contributed by atoms with van der Waals surface area (Å²) >= 11 is 0. The van der Waals surface area contributed by atoms with E-state index in [1.54, 1.807) is 0 Å². The van der Waals surface area contributed by atoms with Crippen LogP contribution in [0.5, 0.6) is 0 Å². The molecular weight excluding hydrogens is 278 g/mol. The van der Waals surface area contributed by atoms with E-state index in [1.165, 1.54) is 0 Å². The third-order valence-electron chi connectivity index (χ3n) is 4.16. The van der Waals surface area contributed by atoms with Crippen molar-refractivity contribution in [3.63, 3.8) is 0 Å². The summed E-state index contributed by atoms with van der Waals surface area (Å²) < 4.78 is 0. The number of benzene rings is 2. The van der Waals surface area contributed by atoms with Gasteiger partial charge in [0, 0.05) is 24.7 Å². The van der Waals surface area contributed by atoms with Gasteiger partial charge in [0.15, 0.2) is 0 Å². The van der Waals surface area contributed by atoms with Crippen LogP contribution in [-0.2, 0) is 17.9 Å². The SMILES string of the molecule is O=C(O)CC1CN(Cc2ccc(CO)cc2)c2ccccc21. The maximum Gasteiger partial charge on any atom is 0.304 e. The molecular formula is C18H19NO3. The Morgan fingerprint density at radius 1 is 1.09 bits per heavy atom. The first-order valence-electron chi connectivity index (χ1n) is 7.41. The predicted molar refractivity (Wildman–Crippen MR) is 84.9 cm³/mol. The van der Waals surface area contributed by atoms with Gasteiger partial charge in [0.2, 0.25) is 0 Å². The molecule has 0 bridgehead atoms. The van der Waals surface area contributed by atoms with Crippen LogP contribution in [0.3, 0.4) is 0 Å². The van der Waals surface area contributed by atoms with E-state index < -0.39 is 5.97 Å². The number of hydrogen-bond donors (Lipinski definition) is 2. The Balaban J connectivity index is 1.80. The lowest BCUT2D eigenvalue weighted by molar-refractivity contribution is -0.137. The first kappa shape index (κ1) is 14.6. The average molecular weight is 297 g/mol. The van der Waals surface area contributed by atoms with Gasteiger partial charge in [-0.1, -0.05) is 42.5 Å². The van der Waals surface area contributed by atoms with Crippen LogP contribution in [0.1, 0.15) is 29.0 Å². The number of anilines is 1. The van der Waals surface area contributed by atoms with E-state index in [0.29, 0.717) is 0 Å². The Kier molecular flexibility index (Phi) is 4.11. The highest BCUT2D eigenvalue weighted by atomic mass is 16.4. The Labute approximate surface area is 129 Å². The smallest absolute Gasteiger partial charge is 0.304 e. The maximum atomic E-state index is 11.1. The number of rotatable bonds is 5. The largest absolute Gasteiger partial charge is 0.481 e. The van der Waals surface area contributed by atoms with E-state index in [1.807, 2.05) is 42.5 Å². The van der Waals surface area contributed by atoms with Gasteiger partial charge >= 0.3 is 5.97 Å². The van der Waals surface area contributed by atoms with Gasteiger partial charge in [0.1, 0.15) is 0 Å². The highest BCUT2D eigenvalue weighted by molar-refractivity contribution is 5.71. The second kappa shape index (κ2) is 6.20. The van der Waals surface area contributed by atoms with Gasteiger partial charge in [-0.15, -0.1) is 0 Å². The fourth-order valence-corrected chi connectivity index (χ4v) is 3.09. The molecule has 114 valence electrons. The zero-order valence-electron chi connectivity index (χ0n) is 12.3. The normalized spacial score (nSPS) is 16.6. The Bertz CT molecular complexity index is 666. The van der Waals surface area contributed by atoms with E-state index in [0.717, 1.165) is 35.5 Å². The molecule has 1 unspecified atom stereocenters. The molecule has 0 spiro atoms. The van der Waals surface area contributed by atoms with Crippen molar-refractivity contribution in [1.82, 2.24) is 0 Å². The van der Waals surface area contributed by atoms with Gasteiger partial charge in [0.05, 0.1) is 13.0 Å². The third kappa shape index (κ3) is 2.97. The van der Waals surface area contributed by atoms with Crippen molar-refractivity contribution < 1.29 is 15.0 Å². The summed E-state index contributed by atoms with van der Waals surface area (Å²) in [5.74, 6) is -0.709. The minimum Gasteiger partial charge on any atom is -0.481 e. The summed E-state index contributed by atoms with van der Waals surface area (Å²) in [6, 6.07) is 15.9. The zero-order chi connectivity index (χ0) is 15.5. The van der Waals surface area contributed by atoms with Gasteiger partial charge in [-0.25, -0.2) is 0 Å². The van der Waals surface area contributed by atoms with Gasteiger partial charge in [-0.05, 0) is 22.8 Å². The molecule has 4 heteroatoms. The summed E-state index contributed by atoms with van der Waals surface area (Å²) in [7, 11) is 0. The second-order valence-corrected chi connectivity index (χ2v) is 5.71. The highest BCUT2D eigenvalue weighted by Crippen LogP contribution is 2.38. The molecule has 1 aliphatic rings. The maximum absolute atomic E-state index is 11.1. The van der Waals surface area contributed by atoms with E-state index in [2.05, 4.69) is 11.0 Å². The van der Waals surface area contributed by atoms with Crippen molar-refractivity contribution in [2.75, 3.05) is 11.4 Å². The number of hydrogen-bond acceptors (Lipinski definition) is 3. The van der Waals surface area contributed by atoms with Gasteiger partial charge in [-0.2, -0.15) is 0 Å². The monoisotopic (exact) mass is 297 g/mol. The van der Waals surface area contributed by atoms with Gasteiger partial charge in [-0.3, -0.25) is 4.79 Å². The summed E-state index contributed by atoms with van der Waals surface area (Å²) in [6.07, 6.45) is 0.164. The molecule has 2 aromatic carbocycles. The molecule has 0 amide bonds. The van der Waals surface area contributed by atoms with E-state index >= 15 is 0 Å². The molecule has 0 aliphatic carbocycles. The number of aliphatic carboxylic acids is 1. The Hall–Kier alpha value is -2.33. The standard InChI is InChI=1S/C18H19NO3/c20-12-14-7-5-13(6-8-14)10-19-11-15(9-18(21)22)16-3-1-2-4-17(16)19/h1-8,15,20H,9-12H2,(H,21,22). The lowest BCUT2D eigenvalue weighted by atomic mass is 9.98. The van der Waals surface area contributed by atoms with Crippen LogP contribution in [-0.4, -0.2) is 22.7 Å². The van der Waals surface area contributed by atoms with Crippen LogP contribution in [0.25, 0.3) is 0 Å². The van der Waals surface area contributed by atoms with Crippen molar-refractivity contribution in [1.29, 1.82) is 0 Å². The molecule has 0 aromatic heterocycles. The molecule has 1 aliphatic heterocycles. The Morgan fingerprint density at radius 3 is 2.45 bits per heavy atom. The van der Waals surface area contributed by atoms with Gasteiger partial charge in [0.25, 0.3) is 0 Å². The third-order valence-corrected chi connectivity index (χ3v) is 4.16. The van der Waals surface area contributed by atoms with Crippen LogP contribution in [0.2, 0.25) is 0 Å². The number of aliphatic hydroxyl groups excluding tert-OH is 1. The van der Waals surface area contributed by atoms with Crippen LogP contribution in [0, 0.1) is 0 Å². The van der Waals surface area contributed by atoms with Gasteiger partial charge < -0.3 is 15.1 Å². The highest BCUT2D eigenvalue weighted by Gasteiger charge is 2.29. The van der Waals surface area contributed by atoms with Crippen molar-refractivity contribution in [2.45, 2.75) is 25.5 Å². The molecule has 0 fully saturated rings. The molecule has 3 rings (SSSR count). The Morgan fingerprint density at radius 2 is 1.77 bits per heavy atom. The van der Waals surface area contributed by atoms with Crippen molar-refractivity contribution in [3.8, 4) is 0 Å². The van der Waals surface area contributed by atoms with E-state index in [9.17, 15) is 4.79 Å². The fraction of sp³-hybridized carbons (Fsp3) is 0.278. The number of aliphatic hydroxyl groups is 1.